The third-order valence-corrected chi connectivity index (χ3v) is 5.73. The number of amides is 2. The summed E-state index contributed by atoms with van der Waals surface area (Å²) in [5.74, 6) is -0.463. The van der Waals surface area contributed by atoms with Crippen molar-refractivity contribution in [2.75, 3.05) is 11.9 Å². The molecule has 6 nitrogen and oxygen atoms in total. The molecule has 0 aliphatic heterocycles. The highest BCUT2D eigenvalue weighted by molar-refractivity contribution is 9.10. The molecule has 3 aromatic rings. The second-order valence-corrected chi connectivity index (χ2v) is 8.36. The van der Waals surface area contributed by atoms with E-state index in [2.05, 4.69) is 36.8 Å². The van der Waals surface area contributed by atoms with Gasteiger partial charge in [-0.15, -0.1) is 10.2 Å². The predicted molar refractivity (Wildman–Crippen MR) is 118 cm³/mol. The minimum absolute atomic E-state index is 0.0932. The lowest BCUT2D eigenvalue weighted by molar-refractivity contribution is -0.117. The van der Waals surface area contributed by atoms with Gasteiger partial charge in [0.2, 0.25) is 11.0 Å². The van der Waals surface area contributed by atoms with E-state index in [1.165, 1.54) is 11.3 Å². The number of rotatable bonds is 8. The van der Waals surface area contributed by atoms with Crippen LogP contribution in [0.2, 0.25) is 0 Å². The Morgan fingerprint density at radius 1 is 1.10 bits per heavy atom. The van der Waals surface area contributed by atoms with E-state index in [1.807, 2.05) is 49.4 Å². The maximum atomic E-state index is 12.6. The molecule has 0 radical (unpaired) electrons. The van der Waals surface area contributed by atoms with E-state index in [0.717, 1.165) is 15.0 Å². The summed E-state index contributed by atoms with van der Waals surface area (Å²) in [6.45, 7) is 2.42. The Hall–Kier alpha value is -2.58. The molecule has 2 N–H and O–H groups in total. The first-order valence-electron chi connectivity index (χ1n) is 9.28. The molecule has 2 amide bonds. The third kappa shape index (κ3) is 5.95. The summed E-state index contributed by atoms with van der Waals surface area (Å²) in [4.78, 5) is 24.8. The second-order valence-electron chi connectivity index (χ2n) is 6.38. The van der Waals surface area contributed by atoms with Gasteiger partial charge in [-0.3, -0.25) is 14.9 Å². The highest BCUT2D eigenvalue weighted by atomic mass is 79.9. The quantitative estimate of drug-likeness (QED) is 0.508. The summed E-state index contributed by atoms with van der Waals surface area (Å²) in [5, 5.41) is 15.1. The van der Waals surface area contributed by atoms with Crippen molar-refractivity contribution in [1.29, 1.82) is 0 Å². The Kier molecular flexibility index (Phi) is 7.48. The van der Waals surface area contributed by atoms with Crippen LogP contribution >= 0.6 is 27.3 Å². The molecule has 150 valence electrons. The van der Waals surface area contributed by atoms with Gasteiger partial charge in [0.25, 0.3) is 5.91 Å². The Balaban J connectivity index is 1.51. The second kappa shape index (κ2) is 10.3. The van der Waals surface area contributed by atoms with Crippen molar-refractivity contribution < 1.29 is 9.59 Å². The fraction of sp³-hybridized carbons (Fsp3) is 0.238. The molecule has 1 heterocycles. The molecule has 1 unspecified atom stereocenters. The van der Waals surface area contributed by atoms with Gasteiger partial charge in [-0.05, 0) is 30.2 Å². The van der Waals surface area contributed by atoms with Crippen molar-refractivity contribution in [3.63, 3.8) is 0 Å². The summed E-state index contributed by atoms with van der Waals surface area (Å²) in [5.41, 5.74) is 1.57. The monoisotopic (exact) mass is 472 g/mol. The van der Waals surface area contributed by atoms with E-state index in [-0.39, 0.29) is 17.7 Å². The topological polar surface area (TPSA) is 84.0 Å². The van der Waals surface area contributed by atoms with Gasteiger partial charge in [0, 0.05) is 23.0 Å². The molecule has 2 aromatic carbocycles. The zero-order valence-corrected chi connectivity index (χ0v) is 18.3. The number of halogens is 1. The fourth-order valence-corrected chi connectivity index (χ4v) is 4.01. The van der Waals surface area contributed by atoms with Crippen LogP contribution in [0.3, 0.4) is 0 Å². The number of nitrogens with one attached hydrogen (secondary N) is 2. The van der Waals surface area contributed by atoms with Gasteiger partial charge in [0.05, 0.1) is 5.92 Å². The number of carbonyl (C=O) groups excluding carboxylic acids is 2. The number of hydrogen-bond donors (Lipinski definition) is 2. The van der Waals surface area contributed by atoms with E-state index in [9.17, 15) is 9.59 Å². The van der Waals surface area contributed by atoms with Gasteiger partial charge >= 0.3 is 0 Å². The first-order valence-corrected chi connectivity index (χ1v) is 10.9. The van der Waals surface area contributed by atoms with E-state index in [0.29, 0.717) is 30.1 Å². The standard InChI is InChI=1S/C21H21BrN4O2S/c1-2-17(14-7-4-3-5-8-14)20(28)24-21-26-25-18(29-21)11-12-23-19(27)15-9-6-10-16(22)13-15/h3-10,13,17H,2,11-12H2,1H3,(H,23,27)(H,24,26,28). The Morgan fingerprint density at radius 3 is 2.62 bits per heavy atom. The highest BCUT2D eigenvalue weighted by Gasteiger charge is 2.20. The van der Waals surface area contributed by atoms with E-state index < -0.39 is 0 Å². The number of benzene rings is 2. The van der Waals surface area contributed by atoms with Gasteiger partial charge in [-0.25, -0.2) is 0 Å². The SMILES string of the molecule is CCC(C(=O)Nc1nnc(CCNC(=O)c2cccc(Br)c2)s1)c1ccccc1. The van der Waals surface area contributed by atoms with Crippen molar-refractivity contribution in [3.8, 4) is 0 Å². The molecule has 29 heavy (non-hydrogen) atoms. The fourth-order valence-electron chi connectivity index (χ4n) is 2.87. The molecule has 0 saturated carbocycles. The van der Waals surface area contributed by atoms with E-state index in [4.69, 9.17) is 0 Å². The van der Waals surface area contributed by atoms with Crippen LogP contribution in [0.15, 0.2) is 59.1 Å². The number of anilines is 1. The van der Waals surface area contributed by atoms with Crippen LogP contribution in [-0.2, 0) is 11.2 Å². The number of hydrogen-bond acceptors (Lipinski definition) is 5. The van der Waals surface area contributed by atoms with E-state index in [1.54, 1.807) is 12.1 Å². The lowest BCUT2D eigenvalue weighted by atomic mass is 9.96. The van der Waals surface area contributed by atoms with Crippen molar-refractivity contribution in [2.24, 2.45) is 0 Å². The first-order chi connectivity index (χ1) is 14.1. The average molecular weight is 473 g/mol. The molecule has 3 rings (SSSR count). The van der Waals surface area contributed by atoms with Crippen LogP contribution in [-0.4, -0.2) is 28.6 Å². The molecule has 0 bridgehead atoms. The van der Waals surface area contributed by atoms with Crippen molar-refractivity contribution in [3.05, 3.63) is 75.2 Å². The normalized spacial score (nSPS) is 11.7. The smallest absolute Gasteiger partial charge is 0.251 e. The summed E-state index contributed by atoms with van der Waals surface area (Å²) < 4.78 is 0.857. The molecule has 1 aromatic heterocycles. The van der Waals surface area contributed by atoms with Gasteiger partial charge in [-0.2, -0.15) is 0 Å². The predicted octanol–water partition coefficient (Wildman–Crippen LogP) is 4.41. The van der Waals surface area contributed by atoms with Crippen LogP contribution in [0.1, 0.15) is 40.2 Å². The molecular formula is C21H21BrN4O2S. The zero-order valence-electron chi connectivity index (χ0n) is 15.9. The highest BCUT2D eigenvalue weighted by Crippen LogP contribution is 2.23. The third-order valence-electron chi connectivity index (χ3n) is 4.33. The maximum Gasteiger partial charge on any atom is 0.251 e. The van der Waals surface area contributed by atoms with Crippen LogP contribution in [0.25, 0.3) is 0 Å². The summed E-state index contributed by atoms with van der Waals surface area (Å²) in [6.07, 6.45) is 1.24. The van der Waals surface area contributed by atoms with Gasteiger partial charge in [-0.1, -0.05) is 70.6 Å². The Bertz CT molecular complexity index is 978. The molecular weight excluding hydrogens is 452 g/mol. The summed E-state index contributed by atoms with van der Waals surface area (Å²) in [7, 11) is 0. The Morgan fingerprint density at radius 2 is 1.90 bits per heavy atom. The number of aromatic nitrogens is 2. The zero-order chi connectivity index (χ0) is 20.6. The minimum Gasteiger partial charge on any atom is -0.352 e. The molecule has 0 saturated heterocycles. The number of carbonyl (C=O) groups is 2. The molecule has 1 atom stereocenters. The lowest BCUT2D eigenvalue weighted by Crippen LogP contribution is -2.25. The van der Waals surface area contributed by atoms with Crippen LogP contribution in [0.5, 0.6) is 0 Å². The van der Waals surface area contributed by atoms with Crippen molar-refractivity contribution in [2.45, 2.75) is 25.7 Å². The lowest BCUT2D eigenvalue weighted by Gasteiger charge is -2.13. The minimum atomic E-state index is -0.229. The number of nitrogens with zero attached hydrogens (tertiary/aromatic N) is 2. The van der Waals surface area contributed by atoms with E-state index >= 15 is 0 Å². The van der Waals surface area contributed by atoms with Gasteiger partial charge < -0.3 is 5.32 Å². The van der Waals surface area contributed by atoms with Crippen molar-refractivity contribution in [1.82, 2.24) is 15.5 Å². The summed E-state index contributed by atoms with van der Waals surface area (Å²) in [6, 6.07) is 16.9. The molecule has 0 aliphatic carbocycles. The summed E-state index contributed by atoms with van der Waals surface area (Å²) >= 11 is 4.68. The van der Waals surface area contributed by atoms with Crippen LogP contribution < -0.4 is 10.6 Å². The molecule has 8 heteroatoms. The first kappa shape index (κ1) is 21.1. The maximum absolute atomic E-state index is 12.6. The van der Waals surface area contributed by atoms with Crippen LogP contribution in [0, 0.1) is 0 Å². The molecule has 0 spiro atoms. The molecule has 0 fully saturated rings. The Labute approximate surface area is 181 Å². The van der Waals surface area contributed by atoms with Crippen LogP contribution in [0.4, 0.5) is 5.13 Å². The average Bonchev–Trinajstić information content (AvgIpc) is 3.16. The van der Waals surface area contributed by atoms with Gasteiger partial charge in [0.1, 0.15) is 5.01 Å². The van der Waals surface area contributed by atoms with Gasteiger partial charge in [0.15, 0.2) is 0 Å². The molecule has 0 aliphatic rings. The largest absolute Gasteiger partial charge is 0.352 e. The van der Waals surface area contributed by atoms with Crippen molar-refractivity contribution >= 4 is 44.2 Å².